The van der Waals surface area contributed by atoms with Crippen molar-refractivity contribution in [1.29, 1.82) is 0 Å². The second-order valence-corrected chi connectivity index (χ2v) is 6.97. The average Bonchev–Trinajstić information content (AvgIpc) is 2.20. The molecule has 1 aromatic carbocycles. The minimum Gasteiger partial charge on any atom is -0.350 e. The molecular formula is C13H17BrINO. The summed E-state index contributed by atoms with van der Waals surface area (Å²) in [5, 5.41) is 3.02. The van der Waals surface area contributed by atoms with Crippen molar-refractivity contribution < 1.29 is 4.79 Å². The quantitative estimate of drug-likeness (QED) is 0.593. The number of alkyl halides is 1. The number of carbonyl (C=O) groups excluding carboxylic acids is 1. The van der Waals surface area contributed by atoms with Crippen molar-refractivity contribution in [3.63, 3.8) is 0 Å². The van der Waals surface area contributed by atoms with E-state index in [0.717, 1.165) is 21.1 Å². The van der Waals surface area contributed by atoms with E-state index in [-0.39, 0.29) is 11.9 Å². The number of aryl methyl sites for hydroxylation is 1. The molecule has 1 amide bonds. The molecule has 0 aliphatic rings. The van der Waals surface area contributed by atoms with Gasteiger partial charge >= 0.3 is 0 Å². The molecule has 0 aromatic heterocycles. The third-order valence-electron chi connectivity index (χ3n) is 2.49. The van der Waals surface area contributed by atoms with Crippen LogP contribution in [-0.4, -0.2) is 16.8 Å². The lowest BCUT2D eigenvalue weighted by Gasteiger charge is -2.16. The zero-order chi connectivity index (χ0) is 13.0. The van der Waals surface area contributed by atoms with Crippen LogP contribution in [0.2, 0.25) is 0 Å². The molecule has 94 valence electrons. The number of benzene rings is 1. The fourth-order valence-electron chi connectivity index (χ4n) is 1.67. The van der Waals surface area contributed by atoms with E-state index in [1.807, 2.05) is 32.0 Å². The first-order chi connectivity index (χ1) is 7.91. The third kappa shape index (κ3) is 4.58. The largest absolute Gasteiger partial charge is 0.350 e. The van der Waals surface area contributed by atoms with Gasteiger partial charge in [-0.15, -0.1) is 0 Å². The molecule has 17 heavy (non-hydrogen) atoms. The van der Waals surface area contributed by atoms with Crippen LogP contribution in [-0.2, 0) is 0 Å². The molecule has 2 nitrogen and oxygen atoms in total. The molecule has 1 rings (SSSR count). The van der Waals surface area contributed by atoms with Crippen molar-refractivity contribution in [2.24, 2.45) is 0 Å². The van der Waals surface area contributed by atoms with Crippen LogP contribution in [0.25, 0.3) is 0 Å². The Bertz CT molecular complexity index is 406. The molecule has 0 saturated heterocycles. The second-order valence-electron chi connectivity index (χ2n) is 4.33. The average molecular weight is 410 g/mol. The van der Waals surface area contributed by atoms with Crippen LogP contribution in [0.1, 0.15) is 36.2 Å². The minimum atomic E-state index is 0.0127. The number of rotatable bonds is 4. The molecule has 0 bridgehead atoms. The summed E-state index contributed by atoms with van der Waals surface area (Å²) in [6.45, 7) is 6.12. The van der Waals surface area contributed by atoms with Gasteiger partial charge in [-0.1, -0.05) is 35.0 Å². The highest BCUT2D eigenvalue weighted by Crippen LogP contribution is 2.17. The van der Waals surface area contributed by atoms with E-state index in [2.05, 4.69) is 50.8 Å². The number of amides is 1. The van der Waals surface area contributed by atoms with Gasteiger partial charge in [0, 0.05) is 14.4 Å². The summed E-state index contributed by atoms with van der Waals surface area (Å²) in [6, 6.07) is 5.98. The number of hydrogen-bond donors (Lipinski definition) is 1. The molecule has 0 fully saturated rings. The van der Waals surface area contributed by atoms with Gasteiger partial charge in [-0.3, -0.25) is 4.79 Å². The highest BCUT2D eigenvalue weighted by atomic mass is 127. The van der Waals surface area contributed by atoms with Crippen molar-refractivity contribution in [2.75, 3.05) is 0 Å². The lowest BCUT2D eigenvalue weighted by Crippen LogP contribution is -2.34. The molecule has 2 atom stereocenters. The zero-order valence-electron chi connectivity index (χ0n) is 10.3. The first-order valence-electron chi connectivity index (χ1n) is 5.62. The van der Waals surface area contributed by atoms with Crippen molar-refractivity contribution in [3.05, 3.63) is 32.9 Å². The Morgan fingerprint density at radius 3 is 2.71 bits per heavy atom. The standard InChI is InChI=1S/C13H17BrINO/c1-8-5-4-6-11(12(8)15)13(17)16-10(3)7-9(2)14/h4-6,9-10H,7H2,1-3H3,(H,16,17). The molecule has 0 aliphatic carbocycles. The molecule has 0 heterocycles. The summed E-state index contributed by atoms with van der Waals surface area (Å²) in [4.78, 5) is 12.5. The predicted molar refractivity (Wildman–Crippen MR) is 83.8 cm³/mol. The molecule has 1 aromatic rings. The van der Waals surface area contributed by atoms with Gasteiger partial charge in [0.05, 0.1) is 5.56 Å². The number of carbonyl (C=O) groups is 1. The Balaban J connectivity index is 2.73. The van der Waals surface area contributed by atoms with Crippen molar-refractivity contribution in [1.82, 2.24) is 5.32 Å². The van der Waals surface area contributed by atoms with Crippen LogP contribution in [0, 0.1) is 10.5 Å². The maximum atomic E-state index is 12.1. The SMILES string of the molecule is Cc1cccc(C(=O)NC(C)CC(C)Br)c1I. The van der Waals surface area contributed by atoms with Gasteiger partial charge in [0.25, 0.3) is 5.91 Å². The summed E-state index contributed by atoms with van der Waals surface area (Å²) in [6.07, 6.45) is 0.925. The molecule has 2 unspecified atom stereocenters. The van der Waals surface area contributed by atoms with Crippen LogP contribution in [0.4, 0.5) is 0 Å². The van der Waals surface area contributed by atoms with E-state index < -0.39 is 0 Å². The lowest BCUT2D eigenvalue weighted by atomic mass is 10.1. The Morgan fingerprint density at radius 2 is 2.12 bits per heavy atom. The van der Waals surface area contributed by atoms with Crippen LogP contribution in [0.3, 0.4) is 0 Å². The summed E-state index contributed by atoms with van der Waals surface area (Å²) >= 11 is 5.72. The van der Waals surface area contributed by atoms with Gasteiger partial charge in [0.1, 0.15) is 0 Å². The summed E-state index contributed by atoms with van der Waals surface area (Å²) in [5.41, 5.74) is 1.90. The lowest BCUT2D eigenvalue weighted by molar-refractivity contribution is 0.0937. The van der Waals surface area contributed by atoms with Crippen molar-refractivity contribution in [2.45, 2.75) is 38.1 Å². The fraction of sp³-hybridized carbons (Fsp3) is 0.462. The predicted octanol–water partition coefficient (Wildman–Crippen LogP) is 3.89. The van der Waals surface area contributed by atoms with Crippen LogP contribution < -0.4 is 5.32 Å². The van der Waals surface area contributed by atoms with E-state index in [1.54, 1.807) is 0 Å². The first kappa shape index (κ1) is 15.0. The summed E-state index contributed by atoms with van der Waals surface area (Å²) < 4.78 is 1.03. The maximum absolute atomic E-state index is 12.1. The maximum Gasteiger partial charge on any atom is 0.252 e. The van der Waals surface area contributed by atoms with Gasteiger partial charge in [-0.05, 0) is 54.5 Å². The number of halogens is 2. The zero-order valence-corrected chi connectivity index (χ0v) is 14.0. The monoisotopic (exact) mass is 409 g/mol. The van der Waals surface area contributed by atoms with Crippen LogP contribution >= 0.6 is 38.5 Å². The molecule has 0 saturated carbocycles. The van der Waals surface area contributed by atoms with Gasteiger partial charge in [0.2, 0.25) is 0 Å². The Kier molecular flexibility index (Phi) is 5.92. The van der Waals surface area contributed by atoms with Gasteiger partial charge < -0.3 is 5.32 Å². The number of hydrogen-bond acceptors (Lipinski definition) is 1. The minimum absolute atomic E-state index is 0.0127. The van der Waals surface area contributed by atoms with Gasteiger partial charge in [0.15, 0.2) is 0 Å². The highest BCUT2D eigenvalue weighted by Gasteiger charge is 2.14. The van der Waals surface area contributed by atoms with Crippen molar-refractivity contribution in [3.8, 4) is 0 Å². The summed E-state index contributed by atoms with van der Waals surface area (Å²) in [7, 11) is 0. The van der Waals surface area contributed by atoms with Crippen molar-refractivity contribution >= 4 is 44.4 Å². The van der Waals surface area contributed by atoms with Gasteiger partial charge in [-0.2, -0.15) is 0 Å². The molecule has 1 N–H and O–H groups in total. The van der Waals surface area contributed by atoms with E-state index in [0.29, 0.717) is 4.83 Å². The van der Waals surface area contributed by atoms with E-state index >= 15 is 0 Å². The van der Waals surface area contributed by atoms with Crippen LogP contribution in [0.15, 0.2) is 18.2 Å². The smallest absolute Gasteiger partial charge is 0.252 e. The van der Waals surface area contributed by atoms with E-state index in [4.69, 9.17) is 0 Å². The van der Waals surface area contributed by atoms with E-state index in [9.17, 15) is 4.79 Å². The highest BCUT2D eigenvalue weighted by molar-refractivity contribution is 14.1. The van der Waals surface area contributed by atoms with Crippen LogP contribution in [0.5, 0.6) is 0 Å². The summed E-state index contributed by atoms with van der Waals surface area (Å²) in [5.74, 6) is 0.0127. The third-order valence-corrected chi connectivity index (χ3v) is 4.30. The molecule has 4 heteroatoms. The molecule has 0 spiro atoms. The molecule has 0 aliphatic heterocycles. The molecular weight excluding hydrogens is 393 g/mol. The van der Waals surface area contributed by atoms with Gasteiger partial charge in [-0.25, -0.2) is 0 Å². The van der Waals surface area contributed by atoms with E-state index in [1.165, 1.54) is 0 Å². The first-order valence-corrected chi connectivity index (χ1v) is 7.61. The normalized spacial score (nSPS) is 14.2. The second kappa shape index (κ2) is 6.73. The number of nitrogens with one attached hydrogen (secondary N) is 1. The fourth-order valence-corrected chi connectivity index (χ4v) is 2.84. The topological polar surface area (TPSA) is 29.1 Å². The molecule has 0 radical (unpaired) electrons. The Labute approximate surface area is 125 Å². The Hall–Kier alpha value is -0.100. The Morgan fingerprint density at radius 1 is 1.47 bits per heavy atom.